The van der Waals surface area contributed by atoms with Gasteiger partial charge in [0.1, 0.15) is 5.69 Å². The molecule has 0 fully saturated rings. The van der Waals surface area contributed by atoms with E-state index in [9.17, 15) is 0 Å². The molecule has 0 atom stereocenters. The van der Waals surface area contributed by atoms with Crippen LogP contribution in [0.25, 0.3) is 0 Å². The monoisotopic (exact) mass is 265 g/mol. The molecule has 0 spiro atoms. The van der Waals surface area contributed by atoms with Crippen molar-refractivity contribution < 1.29 is 9.47 Å². The predicted molar refractivity (Wildman–Crippen MR) is 68.2 cm³/mol. The van der Waals surface area contributed by atoms with Gasteiger partial charge in [-0.2, -0.15) is 5.10 Å². The van der Waals surface area contributed by atoms with E-state index < -0.39 is 6.29 Å². The number of nitrogens with zero attached hydrogens (tertiary/aromatic N) is 5. The molecule has 0 saturated carbocycles. The van der Waals surface area contributed by atoms with E-state index in [1.54, 1.807) is 10.9 Å². The maximum atomic E-state index is 5.48. The summed E-state index contributed by atoms with van der Waals surface area (Å²) in [4.78, 5) is 0. The summed E-state index contributed by atoms with van der Waals surface area (Å²) in [6.45, 7) is 6.46. The molecule has 0 aromatic carbocycles. The SMILES string of the molecule is CCOC(OCC)c1cn(CCn2cccn2)nn1. The Hall–Kier alpha value is -1.73. The van der Waals surface area contributed by atoms with Crippen LogP contribution in [0.15, 0.2) is 24.7 Å². The van der Waals surface area contributed by atoms with Gasteiger partial charge in [0.15, 0.2) is 0 Å². The molecule has 0 radical (unpaired) electrons. The molecule has 0 amide bonds. The van der Waals surface area contributed by atoms with Crippen molar-refractivity contribution in [2.24, 2.45) is 0 Å². The maximum Gasteiger partial charge on any atom is 0.204 e. The molecule has 7 heteroatoms. The molecule has 0 aliphatic carbocycles. The number of ether oxygens (including phenoxy) is 2. The molecular formula is C12H19N5O2. The van der Waals surface area contributed by atoms with Crippen molar-refractivity contribution in [2.75, 3.05) is 13.2 Å². The van der Waals surface area contributed by atoms with Crippen LogP contribution in [0, 0.1) is 0 Å². The smallest absolute Gasteiger partial charge is 0.204 e. The Kier molecular flexibility index (Phi) is 5.05. The zero-order chi connectivity index (χ0) is 13.5. The molecule has 0 unspecified atom stereocenters. The Morgan fingerprint density at radius 2 is 1.89 bits per heavy atom. The summed E-state index contributed by atoms with van der Waals surface area (Å²) in [6, 6.07) is 1.90. The van der Waals surface area contributed by atoms with E-state index in [0.29, 0.717) is 25.5 Å². The lowest BCUT2D eigenvalue weighted by molar-refractivity contribution is -0.142. The van der Waals surface area contributed by atoms with Crippen molar-refractivity contribution in [3.8, 4) is 0 Å². The lowest BCUT2D eigenvalue weighted by atomic mass is 10.4. The normalized spacial score (nSPS) is 11.3. The van der Waals surface area contributed by atoms with Gasteiger partial charge in [-0.3, -0.25) is 9.36 Å². The first-order valence-electron chi connectivity index (χ1n) is 6.44. The molecule has 0 N–H and O–H groups in total. The summed E-state index contributed by atoms with van der Waals surface area (Å²) in [5.74, 6) is 0. The first-order chi connectivity index (χ1) is 9.33. The predicted octanol–water partition coefficient (Wildman–Crippen LogP) is 1.25. The number of hydrogen-bond donors (Lipinski definition) is 0. The van der Waals surface area contributed by atoms with E-state index in [1.165, 1.54) is 0 Å². The van der Waals surface area contributed by atoms with Gasteiger partial charge < -0.3 is 9.47 Å². The quantitative estimate of drug-likeness (QED) is 0.672. The van der Waals surface area contributed by atoms with Crippen LogP contribution in [-0.2, 0) is 22.6 Å². The molecule has 2 aromatic heterocycles. The molecule has 2 heterocycles. The minimum atomic E-state index is -0.437. The van der Waals surface area contributed by atoms with Crippen LogP contribution in [0.4, 0.5) is 0 Å². The van der Waals surface area contributed by atoms with E-state index in [0.717, 1.165) is 6.54 Å². The zero-order valence-electron chi connectivity index (χ0n) is 11.3. The molecule has 7 nitrogen and oxygen atoms in total. The second-order valence-corrected chi connectivity index (χ2v) is 3.92. The molecular weight excluding hydrogens is 246 g/mol. The Labute approximate surface area is 112 Å². The van der Waals surface area contributed by atoms with Crippen molar-refractivity contribution in [1.29, 1.82) is 0 Å². The van der Waals surface area contributed by atoms with Gasteiger partial charge in [-0.25, -0.2) is 0 Å². The summed E-state index contributed by atoms with van der Waals surface area (Å²) < 4.78 is 14.6. The van der Waals surface area contributed by atoms with Gasteiger partial charge in [-0.05, 0) is 19.9 Å². The lowest BCUT2D eigenvalue weighted by Gasteiger charge is -2.13. The van der Waals surface area contributed by atoms with Gasteiger partial charge in [-0.15, -0.1) is 5.10 Å². The summed E-state index contributed by atoms with van der Waals surface area (Å²) in [5.41, 5.74) is 0.698. The van der Waals surface area contributed by atoms with E-state index >= 15 is 0 Å². The van der Waals surface area contributed by atoms with Gasteiger partial charge in [0.05, 0.1) is 19.3 Å². The Bertz CT molecular complexity index is 462. The molecule has 0 aliphatic rings. The fourth-order valence-corrected chi connectivity index (χ4v) is 1.69. The average Bonchev–Trinajstić information content (AvgIpc) is 3.07. The van der Waals surface area contributed by atoms with Gasteiger partial charge >= 0.3 is 0 Å². The minimum Gasteiger partial charge on any atom is -0.347 e. The Morgan fingerprint density at radius 3 is 2.53 bits per heavy atom. The highest BCUT2D eigenvalue weighted by Crippen LogP contribution is 2.15. The topological polar surface area (TPSA) is 67.0 Å². The van der Waals surface area contributed by atoms with Crippen LogP contribution < -0.4 is 0 Å². The van der Waals surface area contributed by atoms with Gasteiger partial charge in [0.25, 0.3) is 0 Å². The fourth-order valence-electron chi connectivity index (χ4n) is 1.69. The second-order valence-electron chi connectivity index (χ2n) is 3.92. The molecule has 104 valence electrons. The van der Waals surface area contributed by atoms with E-state index in [2.05, 4.69) is 15.4 Å². The first-order valence-corrected chi connectivity index (χ1v) is 6.44. The average molecular weight is 265 g/mol. The first kappa shape index (κ1) is 13.7. The van der Waals surface area contributed by atoms with Crippen molar-refractivity contribution in [3.05, 3.63) is 30.4 Å². The highest BCUT2D eigenvalue weighted by Gasteiger charge is 2.15. The summed E-state index contributed by atoms with van der Waals surface area (Å²) >= 11 is 0. The van der Waals surface area contributed by atoms with Crippen LogP contribution in [0.1, 0.15) is 25.8 Å². The molecule has 0 aliphatic heterocycles. The Balaban J connectivity index is 1.93. The minimum absolute atomic E-state index is 0.437. The number of aromatic nitrogens is 5. The molecule has 0 saturated heterocycles. The number of rotatable bonds is 8. The van der Waals surface area contributed by atoms with E-state index in [1.807, 2.05) is 37.0 Å². The van der Waals surface area contributed by atoms with E-state index in [-0.39, 0.29) is 0 Å². The van der Waals surface area contributed by atoms with Crippen molar-refractivity contribution in [2.45, 2.75) is 33.2 Å². The third-order valence-electron chi connectivity index (χ3n) is 2.55. The molecule has 2 rings (SSSR count). The number of aryl methyl sites for hydroxylation is 2. The van der Waals surface area contributed by atoms with Crippen molar-refractivity contribution in [1.82, 2.24) is 24.8 Å². The van der Waals surface area contributed by atoms with Crippen LogP contribution in [0.5, 0.6) is 0 Å². The van der Waals surface area contributed by atoms with Gasteiger partial charge in [0.2, 0.25) is 6.29 Å². The van der Waals surface area contributed by atoms with Crippen molar-refractivity contribution >= 4 is 0 Å². The Morgan fingerprint density at radius 1 is 1.16 bits per heavy atom. The van der Waals surface area contributed by atoms with Crippen LogP contribution in [0.2, 0.25) is 0 Å². The maximum absolute atomic E-state index is 5.48. The van der Waals surface area contributed by atoms with Crippen molar-refractivity contribution in [3.63, 3.8) is 0 Å². The van der Waals surface area contributed by atoms with Crippen LogP contribution in [0.3, 0.4) is 0 Å². The van der Waals surface area contributed by atoms with Gasteiger partial charge in [-0.1, -0.05) is 5.21 Å². The zero-order valence-corrected chi connectivity index (χ0v) is 11.3. The summed E-state index contributed by atoms with van der Waals surface area (Å²) in [7, 11) is 0. The van der Waals surface area contributed by atoms with Crippen LogP contribution in [-0.4, -0.2) is 38.0 Å². The molecule has 0 bridgehead atoms. The third kappa shape index (κ3) is 3.87. The standard InChI is InChI=1S/C12H19N5O2/c1-3-18-12(19-4-2)11-10-17(15-14-11)9-8-16-7-5-6-13-16/h5-7,10,12H,3-4,8-9H2,1-2H3. The second kappa shape index (κ2) is 7.01. The molecule has 19 heavy (non-hydrogen) atoms. The third-order valence-corrected chi connectivity index (χ3v) is 2.55. The summed E-state index contributed by atoms with van der Waals surface area (Å²) in [5, 5.41) is 12.3. The lowest BCUT2D eigenvalue weighted by Crippen LogP contribution is -2.09. The number of hydrogen-bond acceptors (Lipinski definition) is 5. The van der Waals surface area contributed by atoms with Crippen LogP contribution >= 0.6 is 0 Å². The summed E-state index contributed by atoms with van der Waals surface area (Å²) in [6.07, 6.45) is 5.08. The fraction of sp³-hybridized carbons (Fsp3) is 0.583. The van der Waals surface area contributed by atoms with Gasteiger partial charge in [0, 0.05) is 25.6 Å². The van der Waals surface area contributed by atoms with E-state index in [4.69, 9.17) is 9.47 Å². The molecule has 2 aromatic rings. The largest absolute Gasteiger partial charge is 0.347 e. The highest BCUT2D eigenvalue weighted by molar-refractivity contribution is 4.94. The highest BCUT2D eigenvalue weighted by atomic mass is 16.7.